The molecule has 1 heterocycles. The lowest BCUT2D eigenvalue weighted by Gasteiger charge is -2.24. The molecule has 0 aliphatic heterocycles. The molecular formula is C15H20N2O2S2. The Morgan fingerprint density at radius 3 is 2.62 bits per heavy atom. The van der Waals surface area contributed by atoms with E-state index in [1.54, 1.807) is 11.4 Å². The van der Waals surface area contributed by atoms with Gasteiger partial charge >= 0.3 is 0 Å². The summed E-state index contributed by atoms with van der Waals surface area (Å²) >= 11 is 1.48. The summed E-state index contributed by atoms with van der Waals surface area (Å²) in [4.78, 5) is 1.17. The lowest BCUT2D eigenvalue weighted by molar-refractivity contribution is 0.373. The minimum Gasteiger partial charge on any atom is -0.326 e. The molecule has 6 heteroatoms. The average Bonchev–Trinajstić information content (AvgIpc) is 3.13. The molecule has 1 saturated carbocycles. The third kappa shape index (κ3) is 2.50. The van der Waals surface area contributed by atoms with Gasteiger partial charge in [-0.3, -0.25) is 0 Å². The van der Waals surface area contributed by atoms with E-state index in [9.17, 15) is 8.42 Å². The highest BCUT2D eigenvalue weighted by atomic mass is 32.2. The Bertz CT molecular complexity index is 746. The van der Waals surface area contributed by atoms with Gasteiger partial charge in [0.2, 0.25) is 10.0 Å². The first kappa shape index (κ1) is 15.0. The number of nitrogens with zero attached hydrogens (tertiary/aromatic N) is 1. The number of nitrogens with two attached hydrogens (primary N) is 1. The first-order valence-electron chi connectivity index (χ1n) is 7.24. The fraction of sp³-hybridized carbons (Fsp3) is 0.467. The molecule has 0 bridgehead atoms. The third-order valence-corrected chi connectivity index (χ3v) is 7.64. The fourth-order valence-corrected chi connectivity index (χ4v) is 6.30. The smallest absolute Gasteiger partial charge is 0.244 e. The number of rotatable bonds is 4. The van der Waals surface area contributed by atoms with Crippen LogP contribution in [0.25, 0.3) is 10.1 Å². The molecule has 0 radical (unpaired) electrons. The van der Waals surface area contributed by atoms with Gasteiger partial charge in [0.05, 0.1) is 0 Å². The van der Waals surface area contributed by atoms with Gasteiger partial charge < -0.3 is 5.73 Å². The molecule has 114 valence electrons. The topological polar surface area (TPSA) is 63.4 Å². The summed E-state index contributed by atoms with van der Waals surface area (Å²) < 4.78 is 28.6. The van der Waals surface area contributed by atoms with Gasteiger partial charge in [0.1, 0.15) is 4.90 Å². The van der Waals surface area contributed by atoms with E-state index in [1.807, 2.05) is 24.3 Å². The molecule has 0 atom stereocenters. The highest BCUT2D eigenvalue weighted by molar-refractivity contribution is 7.89. The summed E-state index contributed by atoms with van der Waals surface area (Å²) in [6.45, 7) is 0.256. The second kappa shape index (κ2) is 5.68. The lowest BCUT2D eigenvalue weighted by atomic mass is 10.2. The van der Waals surface area contributed by atoms with Crippen molar-refractivity contribution in [2.24, 2.45) is 5.73 Å². The molecule has 1 aromatic heterocycles. The van der Waals surface area contributed by atoms with Crippen molar-refractivity contribution >= 4 is 31.4 Å². The monoisotopic (exact) mass is 324 g/mol. The summed E-state index contributed by atoms with van der Waals surface area (Å²) in [5, 5.41) is 0.799. The first-order valence-corrected chi connectivity index (χ1v) is 9.50. The Balaban J connectivity index is 2.13. The van der Waals surface area contributed by atoms with Crippen LogP contribution < -0.4 is 5.73 Å². The maximum atomic E-state index is 13.1. The molecule has 0 saturated heterocycles. The molecule has 1 aliphatic rings. The SMILES string of the molecule is CN(C1CCCC1)S(=O)(=O)c1c(CN)sc2ccccc12. The maximum Gasteiger partial charge on any atom is 0.244 e. The second-order valence-electron chi connectivity index (χ2n) is 5.51. The first-order chi connectivity index (χ1) is 10.1. The Labute approximate surface area is 129 Å². The molecule has 1 aromatic carbocycles. The van der Waals surface area contributed by atoms with Gasteiger partial charge in [0, 0.05) is 34.6 Å². The van der Waals surface area contributed by atoms with Crippen molar-refractivity contribution < 1.29 is 8.42 Å². The van der Waals surface area contributed by atoms with Crippen LogP contribution in [-0.2, 0) is 16.6 Å². The van der Waals surface area contributed by atoms with E-state index in [2.05, 4.69) is 0 Å². The van der Waals surface area contributed by atoms with Gasteiger partial charge in [-0.1, -0.05) is 31.0 Å². The van der Waals surface area contributed by atoms with Crippen molar-refractivity contribution in [3.05, 3.63) is 29.1 Å². The highest BCUT2D eigenvalue weighted by Gasteiger charge is 2.33. The van der Waals surface area contributed by atoms with Crippen LogP contribution in [0.2, 0.25) is 0 Å². The number of hydrogen-bond acceptors (Lipinski definition) is 4. The van der Waals surface area contributed by atoms with Crippen LogP contribution in [0.5, 0.6) is 0 Å². The molecule has 1 fully saturated rings. The molecule has 21 heavy (non-hydrogen) atoms. The molecule has 1 aliphatic carbocycles. The lowest BCUT2D eigenvalue weighted by Crippen LogP contribution is -2.35. The quantitative estimate of drug-likeness (QED) is 0.940. The summed E-state index contributed by atoms with van der Waals surface area (Å²) in [7, 11) is -1.78. The van der Waals surface area contributed by atoms with E-state index in [1.165, 1.54) is 11.3 Å². The van der Waals surface area contributed by atoms with Crippen molar-refractivity contribution in [1.29, 1.82) is 0 Å². The molecular weight excluding hydrogens is 304 g/mol. The summed E-state index contributed by atoms with van der Waals surface area (Å²) in [6.07, 6.45) is 4.13. The molecule has 0 amide bonds. The van der Waals surface area contributed by atoms with Crippen molar-refractivity contribution in [3.63, 3.8) is 0 Å². The average molecular weight is 324 g/mol. The standard InChI is InChI=1S/C15H20N2O2S2/c1-17(11-6-2-3-7-11)21(18,19)15-12-8-4-5-9-13(12)20-14(15)10-16/h4-5,8-9,11H,2-3,6-7,10,16H2,1H3. The summed E-state index contributed by atoms with van der Waals surface area (Å²) in [5.74, 6) is 0. The third-order valence-electron chi connectivity index (χ3n) is 4.28. The zero-order chi connectivity index (χ0) is 15.0. The van der Waals surface area contributed by atoms with Crippen LogP contribution in [0.1, 0.15) is 30.6 Å². The number of benzene rings is 1. The van der Waals surface area contributed by atoms with Crippen molar-refractivity contribution in [2.75, 3.05) is 7.05 Å². The van der Waals surface area contributed by atoms with Crippen molar-refractivity contribution in [1.82, 2.24) is 4.31 Å². The maximum absolute atomic E-state index is 13.1. The van der Waals surface area contributed by atoms with Crippen LogP contribution in [0, 0.1) is 0 Å². The molecule has 0 spiro atoms. The highest BCUT2D eigenvalue weighted by Crippen LogP contribution is 2.37. The predicted molar refractivity (Wildman–Crippen MR) is 86.9 cm³/mol. The van der Waals surface area contributed by atoms with Crippen LogP contribution in [0.15, 0.2) is 29.2 Å². The van der Waals surface area contributed by atoms with Crippen LogP contribution in [0.4, 0.5) is 0 Å². The van der Waals surface area contributed by atoms with E-state index in [0.717, 1.165) is 40.6 Å². The summed E-state index contributed by atoms with van der Waals surface area (Å²) in [5.41, 5.74) is 5.79. The van der Waals surface area contributed by atoms with Gasteiger partial charge in [-0.25, -0.2) is 8.42 Å². The normalized spacial score (nSPS) is 17.1. The van der Waals surface area contributed by atoms with Crippen LogP contribution in [0.3, 0.4) is 0 Å². The van der Waals surface area contributed by atoms with Crippen LogP contribution in [-0.4, -0.2) is 25.8 Å². The zero-order valence-electron chi connectivity index (χ0n) is 12.1. The molecule has 2 aromatic rings. The van der Waals surface area contributed by atoms with E-state index in [0.29, 0.717) is 4.90 Å². The van der Waals surface area contributed by atoms with E-state index in [-0.39, 0.29) is 12.6 Å². The number of sulfonamides is 1. The fourth-order valence-electron chi connectivity index (χ4n) is 3.10. The largest absolute Gasteiger partial charge is 0.326 e. The van der Waals surface area contributed by atoms with Crippen LogP contribution >= 0.6 is 11.3 Å². The van der Waals surface area contributed by atoms with E-state index >= 15 is 0 Å². The second-order valence-corrected chi connectivity index (χ2v) is 8.59. The van der Waals surface area contributed by atoms with Crippen molar-refractivity contribution in [2.45, 2.75) is 43.2 Å². The minimum atomic E-state index is -3.48. The molecule has 3 rings (SSSR count). The Morgan fingerprint density at radius 2 is 1.95 bits per heavy atom. The van der Waals surface area contributed by atoms with Gasteiger partial charge in [0.25, 0.3) is 0 Å². The predicted octanol–water partition coefficient (Wildman–Crippen LogP) is 2.92. The zero-order valence-corrected chi connectivity index (χ0v) is 13.7. The summed E-state index contributed by atoms with van der Waals surface area (Å²) in [6, 6.07) is 7.76. The Kier molecular flexibility index (Phi) is 4.05. The van der Waals surface area contributed by atoms with Gasteiger partial charge in [-0.05, 0) is 18.9 Å². The number of fused-ring (bicyclic) bond motifs is 1. The van der Waals surface area contributed by atoms with Gasteiger partial charge in [-0.15, -0.1) is 11.3 Å². The molecule has 0 unspecified atom stereocenters. The number of thiophene rings is 1. The Hall–Kier alpha value is -0.950. The number of hydrogen-bond donors (Lipinski definition) is 1. The molecule has 4 nitrogen and oxygen atoms in total. The minimum absolute atomic E-state index is 0.124. The van der Waals surface area contributed by atoms with Crippen molar-refractivity contribution in [3.8, 4) is 0 Å². The molecule has 2 N–H and O–H groups in total. The van der Waals surface area contributed by atoms with E-state index in [4.69, 9.17) is 5.73 Å². The van der Waals surface area contributed by atoms with Gasteiger partial charge in [-0.2, -0.15) is 4.31 Å². The van der Waals surface area contributed by atoms with E-state index < -0.39 is 10.0 Å². The van der Waals surface area contributed by atoms with Gasteiger partial charge in [0.15, 0.2) is 0 Å². The Morgan fingerprint density at radius 1 is 1.29 bits per heavy atom.